The molecule has 0 aromatic heterocycles. The normalized spacial score (nSPS) is 13.6. The third-order valence-corrected chi connectivity index (χ3v) is 4.59. The average molecular weight is 407 g/mol. The molecule has 0 radical (unpaired) electrons. The number of carboxylic acid groups (broad SMARTS) is 1. The molecule has 0 heterocycles. The van der Waals surface area contributed by atoms with E-state index in [9.17, 15) is 19.5 Å². The van der Waals surface area contributed by atoms with E-state index in [4.69, 9.17) is 4.74 Å². The van der Waals surface area contributed by atoms with Gasteiger partial charge in [0.25, 0.3) is 0 Å². The van der Waals surface area contributed by atoms with Gasteiger partial charge in [0.1, 0.15) is 5.60 Å². The van der Waals surface area contributed by atoms with Crippen LogP contribution in [0.15, 0.2) is 24.3 Å². The Morgan fingerprint density at radius 2 is 1.62 bits per heavy atom. The van der Waals surface area contributed by atoms with E-state index in [0.29, 0.717) is 31.2 Å². The molecule has 1 N–H and O–H groups in total. The number of methoxy groups -OCH3 is 1. The molecule has 0 aliphatic carbocycles. The maximum atomic E-state index is 12.7. The maximum absolute atomic E-state index is 12.7. The number of aliphatic carboxylic acids is 1. The summed E-state index contributed by atoms with van der Waals surface area (Å²) < 4.78 is 10.2. The highest BCUT2D eigenvalue weighted by atomic mass is 16.6. The van der Waals surface area contributed by atoms with Gasteiger partial charge < -0.3 is 14.6 Å². The molecule has 6 nitrogen and oxygen atoms in total. The van der Waals surface area contributed by atoms with E-state index in [1.54, 1.807) is 32.9 Å². The number of hydrogen-bond acceptors (Lipinski definition) is 5. The first-order valence-electron chi connectivity index (χ1n) is 10.1. The van der Waals surface area contributed by atoms with Crippen molar-refractivity contribution >= 4 is 17.9 Å². The summed E-state index contributed by atoms with van der Waals surface area (Å²) in [5.41, 5.74) is 0.821. The van der Waals surface area contributed by atoms with Gasteiger partial charge in [-0.1, -0.05) is 26.0 Å². The molecular formula is C23H34O6. The Bertz CT molecular complexity index is 684. The number of hydrogen-bond donors (Lipinski definition) is 1. The predicted octanol–water partition coefficient (Wildman–Crippen LogP) is 4.50. The van der Waals surface area contributed by atoms with Crippen LogP contribution >= 0.6 is 0 Å². The SMILES string of the molecule is COC(=O)c1ccc(CCCC(C(=O)OC(C)(C)C)C(CC(C)C)C(=O)O)cc1. The lowest BCUT2D eigenvalue weighted by Gasteiger charge is -2.28. The Hall–Kier alpha value is -2.37. The van der Waals surface area contributed by atoms with Gasteiger partial charge in [0.05, 0.1) is 24.5 Å². The van der Waals surface area contributed by atoms with Crippen LogP contribution in [0.1, 0.15) is 69.8 Å². The van der Waals surface area contributed by atoms with Gasteiger partial charge in [-0.2, -0.15) is 0 Å². The molecule has 0 fully saturated rings. The molecule has 0 saturated heterocycles. The van der Waals surface area contributed by atoms with Gasteiger partial charge in [-0.15, -0.1) is 0 Å². The van der Waals surface area contributed by atoms with Crippen LogP contribution in [0, 0.1) is 17.8 Å². The summed E-state index contributed by atoms with van der Waals surface area (Å²) in [7, 11) is 1.34. The zero-order chi connectivity index (χ0) is 22.2. The number of carbonyl (C=O) groups is 3. The Kier molecular flexibility index (Phi) is 9.34. The van der Waals surface area contributed by atoms with Crippen molar-refractivity contribution in [2.24, 2.45) is 17.8 Å². The largest absolute Gasteiger partial charge is 0.481 e. The molecule has 1 aromatic carbocycles. The fourth-order valence-electron chi connectivity index (χ4n) is 3.26. The number of esters is 2. The molecule has 2 unspecified atom stereocenters. The number of rotatable bonds is 10. The maximum Gasteiger partial charge on any atom is 0.337 e. The van der Waals surface area contributed by atoms with E-state index in [1.807, 2.05) is 26.0 Å². The molecule has 0 amide bonds. The molecule has 29 heavy (non-hydrogen) atoms. The average Bonchev–Trinajstić information content (AvgIpc) is 2.61. The predicted molar refractivity (Wildman–Crippen MR) is 111 cm³/mol. The van der Waals surface area contributed by atoms with Crippen molar-refractivity contribution in [1.82, 2.24) is 0 Å². The molecular weight excluding hydrogens is 372 g/mol. The lowest BCUT2D eigenvalue weighted by atomic mass is 9.82. The minimum Gasteiger partial charge on any atom is -0.481 e. The summed E-state index contributed by atoms with van der Waals surface area (Å²) in [5, 5.41) is 9.71. The fourth-order valence-corrected chi connectivity index (χ4v) is 3.26. The van der Waals surface area contributed by atoms with Gasteiger partial charge in [-0.25, -0.2) is 4.79 Å². The Morgan fingerprint density at radius 3 is 2.07 bits per heavy atom. The lowest BCUT2D eigenvalue weighted by molar-refractivity contribution is -0.167. The van der Waals surface area contributed by atoms with Crippen LogP contribution in [-0.4, -0.2) is 35.7 Å². The quantitative estimate of drug-likeness (QED) is 0.575. The highest BCUT2D eigenvalue weighted by molar-refractivity contribution is 5.89. The highest BCUT2D eigenvalue weighted by Gasteiger charge is 2.36. The summed E-state index contributed by atoms with van der Waals surface area (Å²) in [5.74, 6) is -3.11. The minimum atomic E-state index is -0.961. The van der Waals surface area contributed by atoms with E-state index in [-0.39, 0.29) is 11.9 Å². The molecule has 1 aromatic rings. The first-order valence-corrected chi connectivity index (χ1v) is 10.1. The first-order chi connectivity index (χ1) is 13.4. The van der Waals surface area contributed by atoms with Gasteiger partial charge in [0, 0.05) is 0 Å². The third kappa shape index (κ3) is 8.67. The minimum absolute atomic E-state index is 0.159. The second kappa shape index (κ2) is 11.0. The van der Waals surface area contributed by atoms with Crippen molar-refractivity contribution in [2.75, 3.05) is 7.11 Å². The molecule has 1 rings (SSSR count). The topological polar surface area (TPSA) is 89.9 Å². The van der Waals surface area contributed by atoms with E-state index < -0.39 is 29.4 Å². The molecule has 0 aliphatic rings. The molecule has 6 heteroatoms. The second-order valence-corrected chi connectivity index (χ2v) is 8.79. The number of carboxylic acids is 1. The molecule has 0 bridgehead atoms. The van der Waals surface area contributed by atoms with Crippen LogP contribution in [-0.2, 0) is 25.5 Å². The number of carbonyl (C=O) groups excluding carboxylic acids is 2. The Balaban J connectivity index is 2.86. The van der Waals surface area contributed by atoms with Crippen LogP contribution < -0.4 is 0 Å². The summed E-state index contributed by atoms with van der Waals surface area (Å²) in [6.07, 6.45) is 2.17. The van der Waals surface area contributed by atoms with Crippen LogP contribution in [0.2, 0.25) is 0 Å². The van der Waals surface area contributed by atoms with Crippen LogP contribution in [0.3, 0.4) is 0 Å². The lowest BCUT2D eigenvalue weighted by Crippen LogP contribution is -2.36. The van der Waals surface area contributed by atoms with Crippen molar-refractivity contribution in [3.8, 4) is 0 Å². The highest BCUT2D eigenvalue weighted by Crippen LogP contribution is 2.28. The number of benzene rings is 1. The van der Waals surface area contributed by atoms with Gasteiger partial charge in [0.15, 0.2) is 0 Å². The van der Waals surface area contributed by atoms with E-state index in [2.05, 4.69) is 4.74 Å². The molecule has 162 valence electrons. The van der Waals surface area contributed by atoms with E-state index in [0.717, 1.165) is 5.56 Å². The van der Waals surface area contributed by atoms with Crippen LogP contribution in [0.25, 0.3) is 0 Å². The van der Waals surface area contributed by atoms with Gasteiger partial charge >= 0.3 is 17.9 Å². The number of aryl methyl sites for hydroxylation is 1. The van der Waals surface area contributed by atoms with Crippen molar-refractivity contribution < 1.29 is 29.0 Å². The van der Waals surface area contributed by atoms with Gasteiger partial charge in [-0.05, 0) is 70.1 Å². The Morgan fingerprint density at radius 1 is 1.03 bits per heavy atom. The summed E-state index contributed by atoms with van der Waals surface area (Å²) in [6.45, 7) is 9.24. The molecule has 0 spiro atoms. The van der Waals surface area contributed by atoms with Crippen LogP contribution in [0.5, 0.6) is 0 Å². The summed E-state index contributed by atoms with van der Waals surface area (Å²) in [6, 6.07) is 7.09. The molecule has 0 aliphatic heterocycles. The summed E-state index contributed by atoms with van der Waals surface area (Å²) in [4.78, 5) is 36.1. The van der Waals surface area contributed by atoms with Gasteiger partial charge in [0.2, 0.25) is 0 Å². The van der Waals surface area contributed by atoms with E-state index >= 15 is 0 Å². The Labute approximate surface area is 173 Å². The zero-order valence-electron chi connectivity index (χ0n) is 18.4. The zero-order valence-corrected chi connectivity index (χ0v) is 18.4. The molecule has 2 atom stereocenters. The standard InChI is InChI=1S/C23H34O6/c1-15(2)14-19(20(24)25)18(22(27)29-23(3,4)5)9-7-8-16-10-12-17(13-11-16)21(26)28-6/h10-13,15,18-19H,7-9,14H2,1-6H3,(H,24,25). The van der Waals surface area contributed by atoms with Crippen molar-refractivity contribution in [1.29, 1.82) is 0 Å². The first kappa shape index (κ1) is 24.7. The fraction of sp³-hybridized carbons (Fsp3) is 0.609. The van der Waals surface area contributed by atoms with Crippen molar-refractivity contribution in [3.05, 3.63) is 35.4 Å². The molecule has 0 saturated carbocycles. The van der Waals surface area contributed by atoms with Crippen molar-refractivity contribution in [3.63, 3.8) is 0 Å². The van der Waals surface area contributed by atoms with E-state index in [1.165, 1.54) is 7.11 Å². The number of ether oxygens (including phenoxy) is 2. The van der Waals surface area contributed by atoms with Crippen molar-refractivity contribution in [2.45, 2.75) is 65.9 Å². The summed E-state index contributed by atoms with van der Waals surface area (Å²) >= 11 is 0. The third-order valence-electron chi connectivity index (χ3n) is 4.59. The monoisotopic (exact) mass is 406 g/mol. The van der Waals surface area contributed by atoms with Gasteiger partial charge in [-0.3, -0.25) is 9.59 Å². The smallest absolute Gasteiger partial charge is 0.337 e. The second-order valence-electron chi connectivity index (χ2n) is 8.79. The van der Waals surface area contributed by atoms with Crippen LogP contribution in [0.4, 0.5) is 0 Å².